The molecule has 0 aliphatic carbocycles. The molecule has 2 N–H and O–H groups in total. The van der Waals surface area contributed by atoms with Gasteiger partial charge in [-0.2, -0.15) is 0 Å². The molecule has 0 saturated carbocycles. The molecule has 1 rings (SSSR count). The quantitative estimate of drug-likeness (QED) is 0.467. The highest BCUT2D eigenvalue weighted by Gasteiger charge is 2.13. The van der Waals surface area contributed by atoms with E-state index in [1.165, 1.54) is 0 Å². The first-order valence-electron chi connectivity index (χ1n) is 2.84. The van der Waals surface area contributed by atoms with Crippen LogP contribution in [0.1, 0.15) is 6.42 Å². The second kappa shape index (κ2) is 2.44. The molecule has 1 unspecified atom stereocenters. The molecule has 0 radical (unpaired) electrons. The van der Waals surface area contributed by atoms with Crippen molar-refractivity contribution in [2.45, 2.75) is 12.6 Å². The third-order valence-electron chi connectivity index (χ3n) is 1.42. The molecule has 0 spiro atoms. The Kier molecular flexibility index (Phi) is 1.83. The maximum atomic E-state index is 5.62. The average Bonchev–Trinajstić information content (AvgIpc) is 1.77. The summed E-state index contributed by atoms with van der Waals surface area (Å²) in [5.74, 6) is 0. The van der Waals surface area contributed by atoms with Crippen LogP contribution in [-0.2, 0) is 4.74 Å². The fourth-order valence-electron chi connectivity index (χ4n) is 0.729. The van der Waals surface area contributed by atoms with Crippen LogP contribution in [0.25, 0.3) is 0 Å². The fraction of sp³-hybridized carbons (Fsp3) is 1.00. The molecular formula is C5H12N2O. The minimum atomic E-state index is 0.212. The van der Waals surface area contributed by atoms with Crippen LogP contribution in [0.5, 0.6) is 0 Å². The van der Waals surface area contributed by atoms with Gasteiger partial charge in [-0.15, -0.1) is 0 Å². The molecule has 1 fully saturated rings. The molecule has 0 aromatic heterocycles. The number of nitrogens with zero attached hydrogens (tertiary/aromatic N) is 1. The molecule has 48 valence electrons. The highest BCUT2D eigenvalue weighted by atomic mass is 16.5. The second-order valence-corrected chi connectivity index (χ2v) is 2.15. The van der Waals surface area contributed by atoms with Crippen LogP contribution in [0, 0.1) is 0 Å². The van der Waals surface area contributed by atoms with E-state index in [1.807, 2.05) is 11.9 Å². The molecule has 8 heavy (non-hydrogen) atoms. The van der Waals surface area contributed by atoms with E-state index in [0.717, 1.165) is 13.0 Å². The van der Waals surface area contributed by atoms with Gasteiger partial charge in [-0.3, -0.25) is 4.90 Å². The number of rotatable bonds is 0. The fourth-order valence-corrected chi connectivity index (χ4v) is 0.729. The van der Waals surface area contributed by atoms with Crippen LogP contribution in [0.4, 0.5) is 0 Å². The highest BCUT2D eigenvalue weighted by molar-refractivity contribution is 4.61. The van der Waals surface area contributed by atoms with E-state index in [-0.39, 0.29) is 6.17 Å². The highest BCUT2D eigenvalue weighted by Crippen LogP contribution is 2.01. The number of ether oxygens (including phenoxy) is 1. The van der Waals surface area contributed by atoms with E-state index in [2.05, 4.69) is 0 Å². The van der Waals surface area contributed by atoms with Crippen LogP contribution in [-0.4, -0.2) is 31.5 Å². The summed E-state index contributed by atoms with van der Waals surface area (Å²) < 4.78 is 5.10. The van der Waals surface area contributed by atoms with Crippen LogP contribution >= 0.6 is 0 Å². The third-order valence-corrected chi connectivity index (χ3v) is 1.42. The summed E-state index contributed by atoms with van der Waals surface area (Å²) >= 11 is 0. The van der Waals surface area contributed by atoms with Gasteiger partial charge >= 0.3 is 0 Å². The molecule has 1 heterocycles. The normalized spacial score (nSPS) is 33.0. The standard InChI is InChI=1S/C5H12N2O/c1-7-4-8-3-2-5(7)6/h5H,2-4,6H2,1H3. The summed E-state index contributed by atoms with van der Waals surface area (Å²) in [7, 11) is 1.96. The number of nitrogens with two attached hydrogens (primary N) is 1. The Morgan fingerprint density at radius 1 is 1.75 bits per heavy atom. The molecule has 0 bridgehead atoms. The number of hydrogen-bond acceptors (Lipinski definition) is 3. The van der Waals surface area contributed by atoms with E-state index in [9.17, 15) is 0 Å². The Labute approximate surface area is 49.4 Å². The first-order valence-corrected chi connectivity index (χ1v) is 2.84. The summed E-state index contributed by atoms with van der Waals surface area (Å²) in [5.41, 5.74) is 5.62. The van der Waals surface area contributed by atoms with Crippen LogP contribution in [0.3, 0.4) is 0 Å². The van der Waals surface area contributed by atoms with Crippen LogP contribution in [0.15, 0.2) is 0 Å². The van der Waals surface area contributed by atoms with Gasteiger partial charge in [0, 0.05) is 0 Å². The molecular weight excluding hydrogens is 104 g/mol. The van der Waals surface area contributed by atoms with Crippen molar-refractivity contribution < 1.29 is 4.74 Å². The van der Waals surface area contributed by atoms with Crippen molar-refractivity contribution >= 4 is 0 Å². The van der Waals surface area contributed by atoms with Gasteiger partial charge in [0.05, 0.1) is 19.5 Å². The Morgan fingerprint density at radius 2 is 2.50 bits per heavy atom. The zero-order chi connectivity index (χ0) is 5.98. The van der Waals surface area contributed by atoms with Crippen molar-refractivity contribution in [2.24, 2.45) is 5.73 Å². The second-order valence-electron chi connectivity index (χ2n) is 2.15. The summed E-state index contributed by atoms with van der Waals surface area (Å²) in [5, 5.41) is 0. The predicted octanol–water partition coefficient (Wildman–Crippen LogP) is -0.419. The lowest BCUT2D eigenvalue weighted by Gasteiger charge is -2.28. The lowest BCUT2D eigenvalue weighted by atomic mass is 10.3. The summed E-state index contributed by atoms with van der Waals surface area (Å²) in [6, 6.07) is 0. The van der Waals surface area contributed by atoms with Crippen molar-refractivity contribution in [1.29, 1.82) is 0 Å². The predicted molar refractivity (Wildman–Crippen MR) is 31.2 cm³/mol. The first-order chi connectivity index (χ1) is 3.80. The van der Waals surface area contributed by atoms with Gasteiger partial charge < -0.3 is 10.5 Å². The maximum absolute atomic E-state index is 5.62. The van der Waals surface area contributed by atoms with Gasteiger partial charge in [0.2, 0.25) is 0 Å². The van der Waals surface area contributed by atoms with Crippen molar-refractivity contribution in [1.82, 2.24) is 4.90 Å². The van der Waals surface area contributed by atoms with Crippen LogP contribution in [0.2, 0.25) is 0 Å². The Morgan fingerprint density at radius 3 is 2.88 bits per heavy atom. The van der Waals surface area contributed by atoms with E-state index in [4.69, 9.17) is 10.5 Å². The lowest BCUT2D eigenvalue weighted by molar-refractivity contribution is -0.0307. The Hall–Kier alpha value is -0.120. The molecule has 3 nitrogen and oxygen atoms in total. The van der Waals surface area contributed by atoms with E-state index < -0.39 is 0 Å². The summed E-state index contributed by atoms with van der Waals surface area (Å²) in [4.78, 5) is 1.99. The van der Waals surface area contributed by atoms with Gasteiger partial charge in [-0.25, -0.2) is 0 Å². The smallest absolute Gasteiger partial charge is 0.0999 e. The third kappa shape index (κ3) is 1.18. The monoisotopic (exact) mass is 116 g/mol. The van der Waals surface area contributed by atoms with Gasteiger partial charge in [-0.05, 0) is 13.5 Å². The van der Waals surface area contributed by atoms with Gasteiger partial charge in [0.1, 0.15) is 0 Å². The molecule has 3 heteroatoms. The molecule has 1 aliphatic heterocycles. The SMILES string of the molecule is CN1COCCC1N. The molecule has 1 saturated heterocycles. The van der Waals surface area contributed by atoms with Crippen molar-refractivity contribution in [2.75, 3.05) is 20.4 Å². The van der Waals surface area contributed by atoms with E-state index >= 15 is 0 Å². The molecule has 1 aliphatic rings. The molecule has 0 amide bonds. The van der Waals surface area contributed by atoms with Crippen molar-refractivity contribution in [3.8, 4) is 0 Å². The first kappa shape index (κ1) is 6.01. The zero-order valence-corrected chi connectivity index (χ0v) is 5.13. The number of hydrogen-bond donors (Lipinski definition) is 1. The van der Waals surface area contributed by atoms with Gasteiger partial charge in [0.25, 0.3) is 0 Å². The minimum absolute atomic E-state index is 0.212. The largest absolute Gasteiger partial charge is 0.366 e. The Bertz CT molecular complexity index is 66.8. The van der Waals surface area contributed by atoms with E-state index in [1.54, 1.807) is 0 Å². The molecule has 1 atom stereocenters. The topological polar surface area (TPSA) is 38.5 Å². The van der Waals surface area contributed by atoms with Crippen molar-refractivity contribution in [3.63, 3.8) is 0 Å². The van der Waals surface area contributed by atoms with Gasteiger partial charge in [0.15, 0.2) is 0 Å². The molecule has 0 aromatic carbocycles. The van der Waals surface area contributed by atoms with Crippen molar-refractivity contribution in [3.05, 3.63) is 0 Å². The summed E-state index contributed by atoms with van der Waals surface area (Å²) in [6.07, 6.45) is 1.17. The summed E-state index contributed by atoms with van der Waals surface area (Å²) in [6.45, 7) is 1.49. The van der Waals surface area contributed by atoms with E-state index in [0.29, 0.717) is 6.73 Å². The van der Waals surface area contributed by atoms with Gasteiger partial charge in [-0.1, -0.05) is 0 Å². The van der Waals surface area contributed by atoms with Crippen LogP contribution < -0.4 is 5.73 Å². The Balaban J connectivity index is 2.28. The minimum Gasteiger partial charge on any atom is -0.366 e. The average molecular weight is 116 g/mol. The molecule has 0 aromatic rings. The maximum Gasteiger partial charge on any atom is 0.0999 e. The lowest BCUT2D eigenvalue weighted by Crippen LogP contribution is -2.44. The zero-order valence-electron chi connectivity index (χ0n) is 5.13.